The van der Waals surface area contributed by atoms with E-state index in [-0.39, 0.29) is 12.0 Å². The predicted molar refractivity (Wildman–Crippen MR) is 55.3 cm³/mol. The monoisotopic (exact) mass is 281 g/mol. The minimum atomic E-state index is -4.24. The topological polar surface area (TPSA) is 54.5 Å². The minimum absolute atomic E-state index is 0.0739. The number of benzene rings is 1. The van der Waals surface area contributed by atoms with Gasteiger partial charge in [-0.1, -0.05) is 6.07 Å². The molecule has 1 unspecified atom stereocenters. The van der Waals surface area contributed by atoms with Crippen molar-refractivity contribution in [2.75, 3.05) is 0 Å². The van der Waals surface area contributed by atoms with Gasteiger partial charge in [0, 0.05) is 22.3 Å². The van der Waals surface area contributed by atoms with Crippen LogP contribution in [0.15, 0.2) is 18.2 Å². The standard InChI is InChI=1S/C9H6ClF2NO3S/c10-17(15,16)13-8(4-9(13)14)6-2-1-5(11)3-7(6)12/h1-3,8H,4H2. The first-order chi connectivity index (χ1) is 7.80. The lowest BCUT2D eigenvalue weighted by Gasteiger charge is -2.37. The molecule has 0 spiro atoms. The van der Waals surface area contributed by atoms with E-state index < -0.39 is 32.8 Å². The summed E-state index contributed by atoms with van der Waals surface area (Å²) in [5.41, 5.74) is -0.0739. The van der Waals surface area contributed by atoms with E-state index >= 15 is 0 Å². The van der Waals surface area contributed by atoms with Crippen LogP contribution in [0.2, 0.25) is 0 Å². The van der Waals surface area contributed by atoms with Gasteiger partial charge >= 0.3 is 9.24 Å². The molecule has 2 rings (SSSR count). The van der Waals surface area contributed by atoms with Crippen molar-refractivity contribution in [1.82, 2.24) is 4.31 Å². The molecule has 0 aromatic heterocycles. The summed E-state index contributed by atoms with van der Waals surface area (Å²) >= 11 is 0. The lowest BCUT2D eigenvalue weighted by Crippen LogP contribution is -2.48. The zero-order valence-electron chi connectivity index (χ0n) is 8.23. The van der Waals surface area contributed by atoms with Crippen molar-refractivity contribution in [3.05, 3.63) is 35.4 Å². The molecular weight excluding hydrogens is 276 g/mol. The molecule has 1 aliphatic heterocycles. The number of hydrogen-bond donors (Lipinski definition) is 0. The van der Waals surface area contributed by atoms with Gasteiger partial charge in [0.1, 0.15) is 11.6 Å². The van der Waals surface area contributed by atoms with Gasteiger partial charge in [0.05, 0.1) is 12.5 Å². The van der Waals surface area contributed by atoms with Crippen molar-refractivity contribution in [2.45, 2.75) is 12.5 Å². The molecule has 1 aromatic rings. The molecule has 92 valence electrons. The average molecular weight is 282 g/mol. The fraction of sp³-hybridized carbons (Fsp3) is 0.222. The van der Waals surface area contributed by atoms with Crippen LogP contribution in [0.5, 0.6) is 0 Å². The van der Waals surface area contributed by atoms with Crippen LogP contribution in [0.25, 0.3) is 0 Å². The van der Waals surface area contributed by atoms with Crippen LogP contribution in [0.1, 0.15) is 18.0 Å². The molecule has 1 aromatic carbocycles. The number of hydrogen-bond acceptors (Lipinski definition) is 3. The third-order valence-corrected chi connectivity index (χ3v) is 3.83. The maximum atomic E-state index is 13.4. The molecule has 1 fully saturated rings. The summed E-state index contributed by atoms with van der Waals surface area (Å²) in [6.45, 7) is 0. The lowest BCUT2D eigenvalue weighted by molar-refractivity contribution is -0.137. The van der Waals surface area contributed by atoms with Crippen LogP contribution in [-0.2, 0) is 14.0 Å². The van der Waals surface area contributed by atoms with Gasteiger partial charge in [-0.2, -0.15) is 8.42 Å². The number of amides is 1. The quantitative estimate of drug-likeness (QED) is 0.613. The Bertz CT molecular complexity index is 590. The molecule has 17 heavy (non-hydrogen) atoms. The summed E-state index contributed by atoms with van der Waals surface area (Å²) in [7, 11) is 0.795. The Labute approximate surface area is 100 Å². The average Bonchev–Trinajstić information content (AvgIpc) is 2.12. The predicted octanol–water partition coefficient (Wildman–Crippen LogP) is 1.72. The number of β-lactam (4-membered cyclic amide) rings is 1. The van der Waals surface area contributed by atoms with Gasteiger partial charge in [-0.25, -0.2) is 13.1 Å². The van der Waals surface area contributed by atoms with E-state index in [0.29, 0.717) is 10.4 Å². The van der Waals surface area contributed by atoms with Gasteiger partial charge < -0.3 is 0 Å². The Balaban J connectivity index is 2.39. The van der Waals surface area contributed by atoms with Crippen LogP contribution in [0.4, 0.5) is 8.78 Å². The second-order valence-electron chi connectivity index (χ2n) is 3.52. The van der Waals surface area contributed by atoms with E-state index in [1.807, 2.05) is 0 Å². The van der Waals surface area contributed by atoms with E-state index in [1.54, 1.807) is 0 Å². The second-order valence-corrected chi connectivity index (χ2v) is 5.90. The van der Waals surface area contributed by atoms with E-state index in [2.05, 4.69) is 0 Å². The van der Waals surface area contributed by atoms with Gasteiger partial charge in [0.25, 0.3) is 0 Å². The first kappa shape index (κ1) is 12.3. The van der Waals surface area contributed by atoms with Crippen molar-refractivity contribution in [1.29, 1.82) is 0 Å². The smallest absolute Gasteiger partial charge is 0.274 e. The summed E-state index contributed by atoms with van der Waals surface area (Å²) in [5, 5.41) is 0. The van der Waals surface area contributed by atoms with Gasteiger partial charge in [-0.3, -0.25) is 4.79 Å². The van der Waals surface area contributed by atoms with Crippen molar-refractivity contribution in [3.63, 3.8) is 0 Å². The first-order valence-corrected chi connectivity index (χ1v) is 6.79. The molecule has 0 bridgehead atoms. The molecule has 8 heteroatoms. The Kier molecular flexibility index (Phi) is 2.82. The highest BCUT2D eigenvalue weighted by molar-refractivity contribution is 8.12. The van der Waals surface area contributed by atoms with Gasteiger partial charge in [0.2, 0.25) is 5.91 Å². The third kappa shape index (κ3) is 2.12. The molecule has 1 amide bonds. The largest absolute Gasteiger partial charge is 0.324 e. The normalized spacial score (nSPS) is 20.3. The van der Waals surface area contributed by atoms with E-state index in [4.69, 9.17) is 10.7 Å². The summed E-state index contributed by atoms with van der Waals surface area (Å²) in [5.74, 6) is -2.40. The SMILES string of the molecule is O=C1CC(c2ccc(F)cc2F)N1S(=O)(=O)Cl. The van der Waals surface area contributed by atoms with Crippen LogP contribution in [-0.4, -0.2) is 18.6 Å². The van der Waals surface area contributed by atoms with Gasteiger partial charge in [-0.15, -0.1) is 0 Å². The highest BCUT2D eigenvalue weighted by atomic mass is 35.7. The van der Waals surface area contributed by atoms with Crippen molar-refractivity contribution >= 4 is 25.8 Å². The molecule has 0 N–H and O–H groups in total. The van der Waals surface area contributed by atoms with Crippen molar-refractivity contribution in [2.24, 2.45) is 0 Å². The number of halogens is 3. The highest BCUT2D eigenvalue weighted by Crippen LogP contribution is 2.39. The minimum Gasteiger partial charge on any atom is -0.274 e. The summed E-state index contributed by atoms with van der Waals surface area (Å²) in [6.07, 6.45) is -0.172. The van der Waals surface area contributed by atoms with Crippen molar-refractivity contribution < 1.29 is 22.0 Å². The summed E-state index contributed by atoms with van der Waals surface area (Å²) in [4.78, 5) is 11.1. The van der Waals surface area contributed by atoms with Crippen LogP contribution in [0.3, 0.4) is 0 Å². The van der Waals surface area contributed by atoms with Crippen LogP contribution < -0.4 is 0 Å². The fourth-order valence-electron chi connectivity index (χ4n) is 1.68. The molecule has 1 atom stereocenters. The van der Waals surface area contributed by atoms with Gasteiger partial charge in [0.15, 0.2) is 0 Å². The number of carbonyl (C=O) groups excluding carboxylic acids is 1. The van der Waals surface area contributed by atoms with Crippen molar-refractivity contribution in [3.8, 4) is 0 Å². The fourth-order valence-corrected chi connectivity index (χ4v) is 3.01. The molecule has 0 saturated carbocycles. The number of rotatable bonds is 2. The highest BCUT2D eigenvalue weighted by Gasteiger charge is 2.45. The first-order valence-electron chi connectivity index (χ1n) is 4.52. The Morgan fingerprint density at radius 2 is 2.00 bits per heavy atom. The molecule has 0 radical (unpaired) electrons. The zero-order chi connectivity index (χ0) is 12.8. The van der Waals surface area contributed by atoms with E-state index in [0.717, 1.165) is 12.1 Å². The van der Waals surface area contributed by atoms with E-state index in [1.165, 1.54) is 0 Å². The summed E-state index contributed by atoms with van der Waals surface area (Å²) in [6, 6.07) is 1.71. The van der Waals surface area contributed by atoms with Gasteiger partial charge in [-0.05, 0) is 6.07 Å². The van der Waals surface area contributed by atoms with Crippen LogP contribution in [0, 0.1) is 11.6 Å². The zero-order valence-corrected chi connectivity index (χ0v) is 9.80. The number of carbonyl (C=O) groups is 1. The third-order valence-electron chi connectivity index (χ3n) is 2.45. The maximum Gasteiger partial charge on any atom is 0.324 e. The van der Waals surface area contributed by atoms with E-state index in [9.17, 15) is 22.0 Å². The molecule has 0 aliphatic carbocycles. The Hall–Kier alpha value is -1.21. The van der Waals surface area contributed by atoms with Crippen LogP contribution >= 0.6 is 10.7 Å². The molecular formula is C9H6ClF2NO3S. The Morgan fingerprint density at radius 1 is 1.35 bits per heavy atom. The molecule has 1 saturated heterocycles. The molecule has 1 heterocycles. The maximum absolute atomic E-state index is 13.4. The second kappa shape index (κ2) is 3.92. The number of nitrogens with zero attached hydrogens (tertiary/aromatic N) is 1. The Morgan fingerprint density at radius 3 is 2.47 bits per heavy atom. The lowest BCUT2D eigenvalue weighted by atomic mass is 9.97. The molecule has 4 nitrogen and oxygen atoms in total. The molecule has 1 aliphatic rings. The summed E-state index contributed by atoms with van der Waals surface area (Å²) < 4.78 is 48.6.